The second-order valence-corrected chi connectivity index (χ2v) is 6.34. The van der Waals surface area contributed by atoms with E-state index in [1.807, 2.05) is 24.9 Å². The van der Waals surface area contributed by atoms with Crippen molar-refractivity contribution in [1.82, 2.24) is 10.2 Å². The van der Waals surface area contributed by atoms with Crippen molar-refractivity contribution < 1.29 is 9.18 Å². The minimum atomic E-state index is -0.214. The molecule has 1 amide bonds. The first kappa shape index (κ1) is 16.9. The Bertz CT molecular complexity index is 484. The van der Waals surface area contributed by atoms with Crippen molar-refractivity contribution in [2.45, 2.75) is 38.5 Å². The quantitative estimate of drug-likeness (QED) is 0.875. The summed E-state index contributed by atoms with van der Waals surface area (Å²) in [6.07, 6.45) is 3.75. The Labute approximate surface area is 132 Å². The Hall–Kier alpha value is -1.42. The van der Waals surface area contributed by atoms with Gasteiger partial charge in [-0.05, 0) is 56.3 Å². The molecule has 1 fully saturated rings. The molecule has 1 aromatic rings. The number of benzene rings is 1. The van der Waals surface area contributed by atoms with Gasteiger partial charge in [-0.25, -0.2) is 4.39 Å². The topological polar surface area (TPSA) is 32.3 Å². The van der Waals surface area contributed by atoms with Crippen LogP contribution in [0.25, 0.3) is 0 Å². The van der Waals surface area contributed by atoms with Gasteiger partial charge >= 0.3 is 0 Å². The third-order valence-electron chi connectivity index (χ3n) is 4.69. The molecule has 1 heterocycles. The Balaban J connectivity index is 1.82. The fourth-order valence-corrected chi connectivity index (χ4v) is 3.20. The number of nitrogens with zero attached hydrogens (tertiary/aromatic N) is 1. The Morgan fingerprint density at radius 2 is 2.05 bits per heavy atom. The van der Waals surface area contributed by atoms with Crippen LogP contribution in [0.1, 0.15) is 44.1 Å². The molecule has 0 spiro atoms. The monoisotopic (exact) mass is 306 g/mol. The molecule has 4 heteroatoms. The smallest absolute Gasteiger partial charge is 0.223 e. The molecule has 1 aliphatic heterocycles. The maximum atomic E-state index is 13.8. The van der Waals surface area contributed by atoms with Gasteiger partial charge in [-0.1, -0.05) is 25.1 Å². The van der Waals surface area contributed by atoms with Gasteiger partial charge in [-0.15, -0.1) is 0 Å². The van der Waals surface area contributed by atoms with Crippen molar-refractivity contribution in [2.75, 3.05) is 26.7 Å². The van der Waals surface area contributed by atoms with E-state index < -0.39 is 0 Å². The van der Waals surface area contributed by atoms with Gasteiger partial charge in [-0.3, -0.25) is 4.79 Å². The van der Waals surface area contributed by atoms with Crippen LogP contribution >= 0.6 is 0 Å². The molecule has 0 radical (unpaired) electrons. The third-order valence-corrected chi connectivity index (χ3v) is 4.69. The summed E-state index contributed by atoms with van der Waals surface area (Å²) in [6, 6.07) is 6.75. The Morgan fingerprint density at radius 3 is 2.68 bits per heavy atom. The summed E-state index contributed by atoms with van der Waals surface area (Å²) in [6.45, 7) is 4.66. The number of carbonyl (C=O) groups is 1. The van der Waals surface area contributed by atoms with E-state index in [1.54, 1.807) is 12.1 Å². The van der Waals surface area contributed by atoms with Gasteiger partial charge < -0.3 is 10.2 Å². The van der Waals surface area contributed by atoms with Crippen LogP contribution in [0.3, 0.4) is 0 Å². The molecule has 0 saturated carbocycles. The van der Waals surface area contributed by atoms with Crippen LogP contribution in [-0.2, 0) is 4.79 Å². The van der Waals surface area contributed by atoms with Crippen LogP contribution in [0.2, 0.25) is 0 Å². The number of carbonyl (C=O) groups excluding carboxylic acids is 1. The molecule has 0 aromatic heterocycles. The third kappa shape index (κ3) is 4.54. The highest BCUT2D eigenvalue weighted by molar-refractivity contribution is 5.77. The Kier molecular flexibility index (Phi) is 6.37. The minimum Gasteiger partial charge on any atom is -0.343 e. The number of rotatable bonds is 6. The van der Waals surface area contributed by atoms with Gasteiger partial charge in [-0.2, -0.15) is 0 Å². The average Bonchev–Trinajstić information content (AvgIpc) is 2.53. The summed E-state index contributed by atoms with van der Waals surface area (Å²) in [5.74, 6) is 0.590. The fraction of sp³-hybridized carbons (Fsp3) is 0.611. The molecule has 1 N–H and O–H groups in total. The van der Waals surface area contributed by atoms with Gasteiger partial charge in [0.2, 0.25) is 5.91 Å². The maximum Gasteiger partial charge on any atom is 0.223 e. The second kappa shape index (κ2) is 8.28. The van der Waals surface area contributed by atoms with Crippen molar-refractivity contribution in [3.8, 4) is 0 Å². The molecule has 122 valence electrons. The zero-order valence-electron chi connectivity index (χ0n) is 13.6. The standard InChI is InChI=1S/C18H27FN2O/c1-14(16-5-3-4-6-17(16)19)13-18(22)21-11-8-15(9-12-21)7-10-20-2/h3-6,14-15,20H,7-13H2,1-2H3. The lowest BCUT2D eigenvalue weighted by Crippen LogP contribution is -2.39. The van der Waals surface area contributed by atoms with E-state index in [2.05, 4.69) is 5.32 Å². The molecule has 3 nitrogen and oxygen atoms in total. The lowest BCUT2D eigenvalue weighted by atomic mass is 9.92. The first-order valence-electron chi connectivity index (χ1n) is 8.28. The lowest BCUT2D eigenvalue weighted by molar-refractivity contribution is -0.132. The van der Waals surface area contributed by atoms with E-state index in [9.17, 15) is 9.18 Å². The maximum absolute atomic E-state index is 13.8. The lowest BCUT2D eigenvalue weighted by Gasteiger charge is -2.32. The van der Waals surface area contributed by atoms with E-state index in [1.165, 1.54) is 12.5 Å². The van der Waals surface area contributed by atoms with E-state index in [4.69, 9.17) is 0 Å². The molecular formula is C18H27FN2O. The SMILES string of the molecule is CNCCC1CCN(C(=O)CC(C)c2ccccc2F)CC1. The largest absolute Gasteiger partial charge is 0.343 e. The summed E-state index contributed by atoms with van der Waals surface area (Å²) < 4.78 is 13.8. The zero-order chi connectivity index (χ0) is 15.9. The molecular weight excluding hydrogens is 279 g/mol. The first-order valence-corrected chi connectivity index (χ1v) is 8.28. The van der Waals surface area contributed by atoms with Gasteiger partial charge in [0.15, 0.2) is 0 Å². The zero-order valence-corrected chi connectivity index (χ0v) is 13.6. The van der Waals surface area contributed by atoms with E-state index in [0.29, 0.717) is 12.0 Å². The highest BCUT2D eigenvalue weighted by Crippen LogP contribution is 2.25. The summed E-state index contributed by atoms with van der Waals surface area (Å²) in [5.41, 5.74) is 0.639. The molecule has 1 aromatic carbocycles. The molecule has 0 aliphatic carbocycles. The van der Waals surface area contributed by atoms with Gasteiger partial charge in [0.05, 0.1) is 0 Å². The molecule has 2 rings (SSSR count). The van der Waals surface area contributed by atoms with Gasteiger partial charge in [0.1, 0.15) is 5.82 Å². The minimum absolute atomic E-state index is 0.0734. The number of piperidine rings is 1. The van der Waals surface area contributed by atoms with E-state index in [0.717, 1.165) is 38.4 Å². The first-order chi connectivity index (χ1) is 10.6. The van der Waals surface area contributed by atoms with Crippen LogP contribution < -0.4 is 5.32 Å². The number of hydrogen-bond donors (Lipinski definition) is 1. The van der Waals surface area contributed by atoms with Crippen LogP contribution in [0, 0.1) is 11.7 Å². The fourth-order valence-electron chi connectivity index (χ4n) is 3.20. The number of likely N-dealkylation sites (tertiary alicyclic amines) is 1. The molecule has 1 aliphatic rings. The summed E-state index contributed by atoms with van der Waals surface area (Å²) in [5, 5.41) is 3.18. The van der Waals surface area contributed by atoms with Crippen LogP contribution in [0.5, 0.6) is 0 Å². The van der Waals surface area contributed by atoms with Crippen molar-refractivity contribution >= 4 is 5.91 Å². The number of halogens is 1. The van der Waals surface area contributed by atoms with Crippen LogP contribution in [-0.4, -0.2) is 37.5 Å². The molecule has 1 saturated heterocycles. The number of hydrogen-bond acceptors (Lipinski definition) is 2. The van der Waals surface area contributed by atoms with Crippen molar-refractivity contribution in [3.05, 3.63) is 35.6 Å². The van der Waals surface area contributed by atoms with Crippen LogP contribution in [0.15, 0.2) is 24.3 Å². The van der Waals surface area contributed by atoms with E-state index >= 15 is 0 Å². The predicted octanol–water partition coefficient (Wildman–Crippen LogP) is 3.17. The Morgan fingerprint density at radius 1 is 1.36 bits per heavy atom. The normalized spacial score (nSPS) is 17.5. The van der Waals surface area contributed by atoms with Gasteiger partial charge in [0.25, 0.3) is 0 Å². The summed E-state index contributed by atoms with van der Waals surface area (Å²) in [4.78, 5) is 14.4. The van der Waals surface area contributed by atoms with Gasteiger partial charge in [0, 0.05) is 19.5 Å². The van der Waals surface area contributed by atoms with Crippen molar-refractivity contribution in [1.29, 1.82) is 0 Å². The van der Waals surface area contributed by atoms with Crippen molar-refractivity contribution in [2.24, 2.45) is 5.92 Å². The second-order valence-electron chi connectivity index (χ2n) is 6.34. The number of nitrogens with one attached hydrogen (secondary N) is 1. The molecule has 1 unspecified atom stereocenters. The average molecular weight is 306 g/mol. The van der Waals surface area contributed by atoms with E-state index in [-0.39, 0.29) is 17.6 Å². The predicted molar refractivity (Wildman–Crippen MR) is 87.3 cm³/mol. The number of amides is 1. The highest BCUT2D eigenvalue weighted by atomic mass is 19.1. The summed E-state index contributed by atoms with van der Waals surface area (Å²) in [7, 11) is 1.97. The molecule has 22 heavy (non-hydrogen) atoms. The molecule has 1 atom stereocenters. The highest BCUT2D eigenvalue weighted by Gasteiger charge is 2.24. The summed E-state index contributed by atoms with van der Waals surface area (Å²) >= 11 is 0. The van der Waals surface area contributed by atoms with Crippen LogP contribution in [0.4, 0.5) is 4.39 Å². The van der Waals surface area contributed by atoms with Crippen molar-refractivity contribution in [3.63, 3.8) is 0 Å². The molecule has 0 bridgehead atoms.